The van der Waals surface area contributed by atoms with Crippen LogP contribution in [0.4, 0.5) is 5.95 Å². The van der Waals surface area contributed by atoms with Crippen molar-refractivity contribution in [3.63, 3.8) is 0 Å². The minimum atomic E-state index is -0.373. The average Bonchev–Trinajstić information content (AvgIpc) is 3.35. The molecule has 2 bridgehead atoms. The first kappa shape index (κ1) is 15.0. The van der Waals surface area contributed by atoms with Gasteiger partial charge in [0.15, 0.2) is 0 Å². The summed E-state index contributed by atoms with van der Waals surface area (Å²) in [4.78, 5) is 30.8. The largest absolute Gasteiger partial charge is 0.373 e. The molecule has 3 fully saturated rings. The lowest BCUT2D eigenvalue weighted by Crippen LogP contribution is -2.35. The Labute approximate surface area is 148 Å². The Kier molecular flexibility index (Phi) is 3.23. The number of nitrogens with zero attached hydrogens (tertiary/aromatic N) is 4. The van der Waals surface area contributed by atoms with Crippen molar-refractivity contribution in [3.05, 3.63) is 41.2 Å². The molecule has 3 aliphatic rings. The number of hydrogen-bond acceptors (Lipinski definition) is 5. The number of fused-ring (bicyclic) bond motifs is 5. The molecular formula is C17H15ClN4O3. The van der Waals surface area contributed by atoms with Crippen LogP contribution in [0, 0.1) is 11.8 Å². The van der Waals surface area contributed by atoms with Crippen LogP contribution in [0.1, 0.15) is 18.4 Å². The van der Waals surface area contributed by atoms with Crippen LogP contribution < -0.4 is 4.90 Å². The van der Waals surface area contributed by atoms with Gasteiger partial charge in [0.05, 0.1) is 30.6 Å². The highest BCUT2D eigenvalue weighted by atomic mass is 35.5. The predicted octanol–water partition coefficient (Wildman–Crippen LogP) is 1.65. The molecule has 2 aromatic rings. The smallest absolute Gasteiger partial charge is 0.258 e. The number of rotatable bonds is 3. The van der Waals surface area contributed by atoms with Gasteiger partial charge in [-0.3, -0.25) is 9.59 Å². The van der Waals surface area contributed by atoms with Crippen molar-refractivity contribution >= 4 is 29.4 Å². The van der Waals surface area contributed by atoms with Crippen molar-refractivity contribution in [1.29, 1.82) is 0 Å². The predicted molar refractivity (Wildman–Crippen MR) is 87.9 cm³/mol. The number of halogens is 1. The molecule has 1 aromatic heterocycles. The summed E-state index contributed by atoms with van der Waals surface area (Å²) in [6, 6.07) is 7.45. The first-order chi connectivity index (χ1) is 12.1. The molecule has 0 N–H and O–H groups in total. The number of carbonyl (C=O) groups excluding carboxylic acids is 2. The van der Waals surface area contributed by atoms with Gasteiger partial charge in [-0.25, -0.2) is 9.58 Å². The zero-order chi connectivity index (χ0) is 17.1. The molecule has 0 saturated carbocycles. The molecule has 0 radical (unpaired) electrons. The van der Waals surface area contributed by atoms with Crippen molar-refractivity contribution in [2.75, 3.05) is 4.90 Å². The Balaban J connectivity index is 1.41. The van der Waals surface area contributed by atoms with E-state index in [1.54, 1.807) is 10.7 Å². The molecule has 5 rings (SSSR count). The van der Waals surface area contributed by atoms with Crippen molar-refractivity contribution in [3.8, 4) is 0 Å². The summed E-state index contributed by atoms with van der Waals surface area (Å²) in [5.41, 5.74) is 0.892. The lowest BCUT2D eigenvalue weighted by Gasteiger charge is -2.14. The van der Waals surface area contributed by atoms with Crippen LogP contribution in [0.2, 0.25) is 5.02 Å². The average molecular weight is 359 g/mol. The van der Waals surface area contributed by atoms with E-state index < -0.39 is 0 Å². The maximum absolute atomic E-state index is 12.7. The van der Waals surface area contributed by atoms with Gasteiger partial charge in [-0.2, -0.15) is 4.98 Å². The monoisotopic (exact) mass is 358 g/mol. The van der Waals surface area contributed by atoms with Crippen molar-refractivity contribution < 1.29 is 14.3 Å². The molecule has 1 aromatic carbocycles. The van der Waals surface area contributed by atoms with E-state index >= 15 is 0 Å². The minimum Gasteiger partial charge on any atom is -0.373 e. The molecule has 8 heteroatoms. The second kappa shape index (κ2) is 5.37. The van der Waals surface area contributed by atoms with E-state index in [4.69, 9.17) is 16.3 Å². The molecule has 3 aliphatic heterocycles. The maximum atomic E-state index is 12.7. The highest BCUT2D eigenvalue weighted by molar-refractivity contribution is 6.31. The molecule has 0 aliphatic carbocycles. The van der Waals surface area contributed by atoms with Crippen LogP contribution in [0.15, 0.2) is 30.6 Å². The second-order valence-electron chi connectivity index (χ2n) is 6.69. The van der Waals surface area contributed by atoms with Gasteiger partial charge in [-0.15, -0.1) is 5.10 Å². The first-order valence-electron chi connectivity index (χ1n) is 8.29. The lowest BCUT2D eigenvalue weighted by molar-refractivity contribution is -0.124. The summed E-state index contributed by atoms with van der Waals surface area (Å²) in [7, 11) is 0. The zero-order valence-corrected chi connectivity index (χ0v) is 14.0. The number of anilines is 1. The third-order valence-corrected chi connectivity index (χ3v) is 5.67. The van der Waals surface area contributed by atoms with E-state index in [-0.39, 0.29) is 41.8 Å². The van der Waals surface area contributed by atoms with Gasteiger partial charge in [0.2, 0.25) is 11.8 Å². The van der Waals surface area contributed by atoms with Gasteiger partial charge in [0, 0.05) is 5.02 Å². The third kappa shape index (κ3) is 2.15. The number of aromatic nitrogens is 3. The molecule has 0 unspecified atom stereocenters. The van der Waals surface area contributed by atoms with Crippen LogP contribution >= 0.6 is 11.6 Å². The lowest BCUT2D eigenvalue weighted by atomic mass is 9.81. The van der Waals surface area contributed by atoms with Crippen LogP contribution in [0.3, 0.4) is 0 Å². The summed E-state index contributed by atoms with van der Waals surface area (Å²) in [6.45, 7) is 0.421. The Morgan fingerprint density at radius 3 is 2.48 bits per heavy atom. The topological polar surface area (TPSA) is 77.3 Å². The van der Waals surface area contributed by atoms with E-state index in [1.165, 1.54) is 6.33 Å². The standard InChI is InChI=1S/C17H15ClN4O3/c18-10-4-2-1-3-9(10)7-21-8-19-17(20-21)22-15(23)13-11-5-6-12(25-11)14(13)16(22)24/h1-4,8,11-14H,5-7H2/t11-,12-,13-,14+/m0/s1. The van der Waals surface area contributed by atoms with Gasteiger partial charge < -0.3 is 4.74 Å². The molecule has 0 spiro atoms. The fraction of sp³-hybridized carbons (Fsp3) is 0.412. The highest BCUT2D eigenvalue weighted by Crippen LogP contribution is 2.48. The molecule has 7 nitrogen and oxygen atoms in total. The normalized spacial score (nSPS) is 30.4. The number of amides is 2. The van der Waals surface area contributed by atoms with E-state index in [0.717, 1.165) is 23.3 Å². The molecule has 3 saturated heterocycles. The summed E-state index contributed by atoms with van der Waals surface area (Å²) in [5.74, 6) is -1.09. The molecular weight excluding hydrogens is 344 g/mol. The second-order valence-corrected chi connectivity index (χ2v) is 7.09. The van der Waals surface area contributed by atoms with Crippen molar-refractivity contribution in [1.82, 2.24) is 14.8 Å². The Morgan fingerprint density at radius 1 is 1.12 bits per heavy atom. The zero-order valence-electron chi connectivity index (χ0n) is 13.2. The minimum absolute atomic E-state index is 0.135. The van der Waals surface area contributed by atoms with Crippen LogP contribution in [-0.2, 0) is 20.9 Å². The van der Waals surface area contributed by atoms with E-state index in [0.29, 0.717) is 11.6 Å². The fourth-order valence-electron chi connectivity index (χ4n) is 4.17. The summed E-state index contributed by atoms with van der Waals surface area (Å²) in [5, 5.41) is 4.95. The molecule has 128 valence electrons. The third-order valence-electron chi connectivity index (χ3n) is 5.30. The maximum Gasteiger partial charge on any atom is 0.258 e. The van der Waals surface area contributed by atoms with E-state index in [9.17, 15) is 9.59 Å². The number of carbonyl (C=O) groups is 2. The van der Waals surface area contributed by atoms with Gasteiger partial charge in [-0.1, -0.05) is 29.8 Å². The summed E-state index contributed by atoms with van der Waals surface area (Å²) >= 11 is 6.16. The number of ether oxygens (including phenoxy) is 1. The number of hydrogen-bond donors (Lipinski definition) is 0. The van der Waals surface area contributed by atoms with Gasteiger partial charge >= 0.3 is 0 Å². The van der Waals surface area contributed by atoms with Crippen molar-refractivity contribution in [2.24, 2.45) is 11.8 Å². The Hall–Kier alpha value is -2.25. The van der Waals surface area contributed by atoms with Gasteiger partial charge in [-0.05, 0) is 24.5 Å². The molecule has 4 heterocycles. The van der Waals surface area contributed by atoms with Gasteiger partial charge in [0.25, 0.3) is 5.95 Å². The van der Waals surface area contributed by atoms with Crippen LogP contribution in [-0.4, -0.2) is 38.8 Å². The van der Waals surface area contributed by atoms with Crippen LogP contribution in [0.5, 0.6) is 0 Å². The SMILES string of the molecule is O=C1[C@@H]2[C@H](C(=O)N1c1ncn(Cc3ccccc3Cl)n1)[C@@H]1CC[C@@H]2O1. The quantitative estimate of drug-likeness (QED) is 0.780. The fourth-order valence-corrected chi connectivity index (χ4v) is 4.37. The van der Waals surface area contributed by atoms with E-state index in [2.05, 4.69) is 10.1 Å². The van der Waals surface area contributed by atoms with Crippen LogP contribution in [0.25, 0.3) is 0 Å². The van der Waals surface area contributed by atoms with E-state index in [1.807, 2.05) is 18.2 Å². The molecule has 25 heavy (non-hydrogen) atoms. The Bertz CT molecular complexity index is 854. The Morgan fingerprint density at radius 2 is 1.80 bits per heavy atom. The van der Waals surface area contributed by atoms with Gasteiger partial charge in [0.1, 0.15) is 6.33 Å². The first-order valence-corrected chi connectivity index (χ1v) is 8.67. The van der Waals surface area contributed by atoms with Crippen molar-refractivity contribution in [2.45, 2.75) is 31.6 Å². The number of benzene rings is 1. The summed E-state index contributed by atoms with van der Waals surface area (Å²) in [6.07, 6.45) is 2.92. The number of imide groups is 1. The summed E-state index contributed by atoms with van der Waals surface area (Å²) < 4.78 is 7.31. The molecule has 4 atom stereocenters. The highest BCUT2D eigenvalue weighted by Gasteiger charge is 2.63. The molecule has 2 amide bonds.